The summed E-state index contributed by atoms with van der Waals surface area (Å²) in [7, 11) is 1.77. The first-order valence-electron chi connectivity index (χ1n) is 7.24. The molecule has 0 bridgehead atoms. The van der Waals surface area contributed by atoms with E-state index < -0.39 is 0 Å². The van der Waals surface area contributed by atoms with Gasteiger partial charge in [-0.25, -0.2) is 0 Å². The van der Waals surface area contributed by atoms with Crippen LogP contribution in [0.5, 0.6) is 0 Å². The molecule has 2 N–H and O–H groups in total. The third-order valence-corrected chi connectivity index (χ3v) is 4.03. The van der Waals surface area contributed by atoms with E-state index in [2.05, 4.69) is 6.92 Å². The molecule has 0 saturated heterocycles. The summed E-state index contributed by atoms with van der Waals surface area (Å²) in [6.45, 7) is 2.69. The van der Waals surface area contributed by atoms with Crippen molar-refractivity contribution in [1.82, 2.24) is 4.90 Å². The van der Waals surface area contributed by atoms with Gasteiger partial charge in [0.2, 0.25) is 0 Å². The Morgan fingerprint density at radius 3 is 2.81 bits per heavy atom. The zero-order valence-corrected chi connectivity index (χ0v) is 12.4. The number of carbonyl (C=O) groups excluding carboxylic acids is 1. The van der Waals surface area contributed by atoms with E-state index in [4.69, 9.17) is 10.2 Å². The van der Waals surface area contributed by atoms with Gasteiger partial charge in [-0.2, -0.15) is 0 Å². The van der Waals surface area contributed by atoms with Crippen LogP contribution < -0.4 is 5.73 Å². The SMILES string of the molecule is CC1CC1c1ccc(CN(C)C(=O)c2cccc(N)c2)o1. The van der Waals surface area contributed by atoms with Gasteiger partial charge in [-0.05, 0) is 42.7 Å². The average molecular weight is 284 g/mol. The molecule has 1 aliphatic carbocycles. The Morgan fingerprint density at radius 2 is 2.14 bits per heavy atom. The lowest BCUT2D eigenvalue weighted by Crippen LogP contribution is -2.26. The maximum atomic E-state index is 12.3. The molecule has 4 heteroatoms. The summed E-state index contributed by atoms with van der Waals surface area (Å²) >= 11 is 0. The molecule has 21 heavy (non-hydrogen) atoms. The van der Waals surface area contributed by atoms with Crippen molar-refractivity contribution in [2.75, 3.05) is 12.8 Å². The highest BCUT2D eigenvalue weighted by molar-refractivity contribution is 5.94. The second kappa shape index (κ2) is 5.28. The molecular weight excluding hydrogens is 264 g/mol. The minimum Gasteiger partial charge on any atom is -0.464 e. The van der Waals surface area contributed by atoms with Gasteiger partial charge in [-0.15, -0.1) is 0 Å². The second-order valence-electron chi connectivity index (χ2n) is 5.91. The lowest BCUT2D eigenvalue weighted by atomic mass is 10.2. The van der Waals surface area contributed by atoms with Crippen molar-refractivity contribution in [3.63, 3.8) is 0 Å². The van der Waals surface area contributed by atoms with Crippen LogP contribution in [0.1, 0.15) is 41.1 Å². The number of anilines is 1. The zero-order chi connectivity index (χ0) is 15.0. The predicted octanol–water partition coefficient (Wildman–Crippen LogP) is 3.26. The van der Waals surface area contributed by atoms with Crippen LogP contribution in [0.4, 0.5) is 5.69 Å². The summed E-state index contributed by atoms with van der Waals surface area (Å²) in [4.78, 5) is 14.0. The van der Waals surface area contributed by atoms with Gasteiger partial charge in [0, 0.05) is 24.2 Å². The molecule has 1 aromatic carbocycles. The molecule has 3 rings (SSSR count). The second-order valence-corrected chi connectivity index (χ2v) is 5.91. The highest BCUT2D eigenvalue weighted by Gasteiger charge is 2.36. The number of nitrogens with zero attached hydrogens (tertiary/aromatic N) is 1. The molecule has 2 atom stereocenters. The standard InChI is InChI=1S/C17H20N2O2/c1-11-8-15(11)16-7-6-14(21-16)10-19(2)17(20)12-4-3-5-13(18)9-12/h3-7,9,11,15H,8,10,18H2,1-2H3. The maximum Gasteiger partial charge on any atom is 0.254 e. The lowest BCUT2D eigenvalue weighted by molar-refractivity contribution is 0.0775. The van der Waals surface area contributed by atoms with E-state index in [1.54, 1.807) is 36.2 Å². The topological polar surface area (TPSA) is 59.5 Å². The van der Waals surface area contributed by atoms with Crippen LogP contribution in [-0.2, 0) is 6.54 Å². The van der Waals surface area contributed by atoms with Gasteiger partial charge in [0.1, 0.15) is 11.5 Å². The number of rotatable bonds is 4. The van der Waals surface area contributed by atoms with Crippen molar-refractivity contribution in [1.29, 1.82) is 0 Å². The summed E-state index contributed by atoms with van der Waals surface area (Å²) in [5.41, 5.74) is 6.91. The van der Waals surface area contributed by atoms with E-state index in [0.717, 1.165) is 17.4 Å². The number of nitrogens with two attached hydrogens (primary N) is 1. The van der Waals surface area contributed by atoms with Crippen molar-refractivity contribution >= 4 is 11.6 Å². The Labute approximate surface area is 124 Å². The first-order chi connectivity index (χ1) is 10.0. The summed E-state index contributed by atoms with van der Waals surface area (Å²) in [5, 5.41) is 0. The third-order valence-electron chi connectivity index (χ3n) is 4.03. The molecule has 110 valence electrons. The van der Waals surface area contributed by atoms with Crippen LogP contribution in [0.15, 0.2) is 40.8 Å². The van der Waals surface area contributed by atoms with Gasteiger partial charge in [-0.3, -0.25) is 4.79 Å². The maximum absolute atomic E-state index is 12.3. The smallest absolute Gasteiger partial charge is 0.254 e. The minimum absolute atomic E-state index is 0.0555. The van der Waals surface area contributed by atoms with Crippen LogP contribution >= 0.6 is 0 Å². The van der Waals surface area contributed by atoms with E-state index in [0.29, 0.717) is 23.7 Å². The molecule has 4 nitrogen and oxygen atoms in total. The number of carbonyl (C=O) groups is 1. The van der Waals surface area contributed by atoms with E-state index in [-0.39, 0.29) is 5.91 Å². The summed E-state index contributed by atoms with van der Waals surface area (Å²) in [6, 6.07) is 11.0. The summed E-state index contributed by atoms with van der Waals surface area (Å²) in [5.74, 6) is 3.09. The Bertz CT molecular complexity index is 662. The van der Waals surface area contributed by atoms with Crippen molar-refractivity contribution < 1.29 is 9.21 Å². The first-order valence-corrected chi connectivity index (χ1v) is 7.24. The number of nitrogen functional groups attached to an aromatic ring is 1. The van der Waals surface area contributed by atoms with Gasteiger partial charge < -0.3 is 15.1 Å². The molecule has 0 aliphatic heterocycles. The largest absolute Gasteiger partial charge is 0.464 e. The molecule has 1 amide bonds. The number of hydrogen-bond acceptors (Lipinski definition) is 3. The number of furan rings is 1. The fourth-order valence-electron chi connectivity index (χ4n) is 2.59. The van der Waals surface area contributed by atoms with E-state index in [1.807, 2.05) is 12.1 Å². The molecule has 2 aromatic rings. The third kappa shape index (κ3) is 2.94. The highest BCUT2D eigenvalue weighted by atomic mass is 16.3. The monoisotopic (exact) mass is 284 g/mol. The van der Waals surface area contributed by atoms with Crippen molar-refractivity contribution in [2.45, 2.75) is 25.8 Å². The summed E-state index contributed by atoms with van der Waals surface area (Å²) < 4.78 is 5.84. The highest BCUT2D eigenvalue weighted by Crippen LogP contribution is 2.47. The quantitative estimate of drug-likeness (QED) is 0.877. The Kier molecular flexibility index (Phi) is 3.45. The first kappa shape index (κ1) is 13.7. The normalized spacial score (nSPS) is 20.3. The molecule has 1 aromatic heterocycles. The van der Waals surface area contributed by atoms with Crippen LogP contribution in [0.2, 0.25) is 0 Å². The molecule has 0 radical (unpaired) electrons. The van der Waals surface area contributed by atoms with Crippen molar-refractivity contribution in [2.24, 2.45) is 5.92 Å². The number of benzene rings is 1. The lowest BCUT2D eigenvalue weighted by Gasteiger charge is -2.16. The van der Waals surface area contributed by atoms with E-state index in [1.165, 1.54) is 6.42 Å². The van der Waals surface area contributed by atoms with Crippen molar-refractivity contribution in [3.8, 4) is 0 Å². The average Bonchev–Trinajstić information content (AvgIpc) is 3.01. The molecule has 0 spiro atoms. The van der Waals surface area contributed by atoms with Crippen LogP contribution in [0.25, 0.3) is 0 Å². The predicted molar refractivity (Wildman–Crippen MR) is 81.9 cm³/mol. The molecule has 1 heterocycles. The van der Waals surface area contributed by atoms with Crippen molar-refractivity contribution in [3.05, 3.63) is 53.5 Å². The Balaban J connectivity index is 1.66. The fourth-order valence-corrected chi connectivity index (χ4v) is 2.59. The van der Waals surface area contributed by atoms with Crippen LogP contribution in [0, 0.1) is 5.92 Å². The Hall–Kier alpha value is -2.23. The van der Waals surface area contributed by atoms with Gasteiger partial charge in [0.25, 0.3) is 5.91 Å². The van der Waals surface area contributed by atoms with E-state index in [9.17, 15) is 4.79 Å². The number of amides is 1. The van der Waals surface area contributed by atoms with Crippen LogP contribution in [-0.4, -0.2) is 17.9 Å². The molecule has 1 aliphatic rings. The molecule has 1 fully saturated rings. The van der Waals surface area contributed by atoms with Crippen LogP contribution in [0.3, 0.4) is 0 Å². The van der Waals surface area contributed by atoms with Gasteiger partial charge >= 0.3 is 0 Å². The van der Waals surface area contributed by atoms with Gasteiger partial charge in [0.05, 0.1) is 6.54 Å². The fraction of sp³-hybridized carbons (Fsp3) is 0.353. The minimum atomic E-state index is -0.0555. The zero-order valence-electron chi connectivity index (χ0n) is 12.4. The molecular formula is C17H20N2O2. The molecule has 1 saturated carbocycles. The Morgan fingerprint density at radius 1 is 1.38 bits per heavy atom. The van der Waals surface area contributed by atoms with E-state index >= 15 is 0 Å². The van der Waals surface area contributed by atoms with Gasteiger partial charge in [0.15, 0.2) is 0 Å². The number of hydrogen-bond donors (Lipinski definition) is 1. The van der Waals surface area contributed by atoms with Gasteiger partial charge in [-0.1, -0.05) is 13.0 Å². The summed E-state index contributed by atoms with van der Waals surface area (Å²) in [6.07, 6.45) is 1.20. The molecule has 2 unspecified atom stereocenters.